The lowest BCUT2D eigenvalue weighted by Gasteiger charge is -2.27. The van der Waals surface area contributed by atoms with E-state index in [-0.39, 0.29) is 6.17 Å². The third-order valence-corrected chi connectivity index (χ3v) is 6.33. The van der Waals surface area contributed by atoms with Gasteiger partial charge in [0.15, 0.2) is 0 Å². The van der Waals surface area contributed by atoms with Crippen molar-refractivity contribution in [1.82, 2.24) is 14.5 Å². The molecule has 5 nitrogen and oxygen atoms in total. The summed E-state index contributed by atoms with van der Waals surface area (Å²) in [5.41, 5.74) is 3.30. The minimum Gasteiger partial charge on any atom is -0.457 e. The molecule has 5 heteroatoms. The Balaban J connectivity index is 1.42. The van der Waals surface area contributed by atoms with Crippen molar-refractivity contribution in [3.63, 3.8) is 0 Å². The minimum atomic E-state index is 0.269. The molecule has 1 aliphatic heterocycles. The Labute approximate surface area is 192 Å². The highest BCUT2D eigenvalue weighted by Crippen LogP contribution is 2.35. The van der Waals surface area contributed by atoms with Crippen LogP contribution < -0.4 is 9.64 Å². The summed E-state index contributed by atoms with van der Waals surface area (Å²) in [6.07, 6.45) is 6.28. The van der Waals surface area contributed by atoms with Gasteiger partial charge >= 0.3 is 0 Å². The summed E-state index contributed by atoms with van der Waals surface area (Å²) in [5, 5.41) is 2.38. The number of aromatic nitrogens is 2. The van der Waals surface area contributed by atoms with Gasteiger partial charge in [-0.05, 0) is 49.4 Å². The van der Waals surface area contributed by atoms with Gasteiger partial charge in [0, 0.05) is 54.2 Å². The molecule has 0 radical (unpaired) electrons. The first-order chi connectivity index (χ1) is 16.2. The fourth-order valence-corrected chi connectivity index (χ4v) is 4.51. The first-order valence-electron chi connectivity index (χ1n) is 11.1. The van der Waals surface area contributed by atoms with E-state index in [4.69, 9.17) is 4.74 Å². The molecular formula is C28H24N4O. The van der Waals surface area contributed by atoms with Crippen LogP contribution in [0.2, 0.25) is 0 Å². The normalized spacial score (nSPS) is 15.6. The Morgan fingerprint density at radius 3 is 2.39 bits per heavy atom. The van der Waals surface area contributed by atoms with Gasteiger partial charge in [-0.1, -0.05) is 30.3 Å². The lowest BCUT2D eigenvalue weighted by Crippen LogP contribution is -2.33. The van der Waals surface area contributed by atoms with Crippen LogP contribution in [0.1, 0.15) is 6.92 Å². The standard InChI is InChI=1S/C28H24N4O/c1-20-30(2)16-17-31(20)21-8-7-9-22(18-21)33-23-13-14-25-24-10-3-4-11-26(24)32(27(25)19-23)28-12-5-6-15-29-28/h3-20H,1-2H3. The second-order valence-electron chi connectivity index (χ2n) is 8.32. The van der Waals surface area contributed by atoms with Crippen LogP contribution in [0.15, 0.2) is 104 Å². The second-order valence-corrected chi connectivity index (χ2v) is 8.32. The zero-order chi connectivity index (χ0) is 22.4. The molecule has 1 unspecified atom stereocenters. The minimum absolute atomic E-state index is 0.269. The van der Waals surface area contributed by atoms with Crippen molar-refractivity contribution in [2.75, 3.05) is 11.9 Å². The Bertz CT molecular complexity index is 1490. The van der Waals surface area contributed by atoms with Gasteiger partial charge in [0.1, 0.15) is 23.5 Å². The summed E-state index contributed by atoms with van der Waals surface area (Å²) in [6.45, 7) is 2.18. The Hall–Kier alpha value is -4.25. The monoisotopic (exact) mass is 432 g/mol. The summed E-state index contributed by atoms with van der Waals surface area (Å²) < 4.78 is 8.53. The van der Waals surface area contributed by atoms with Crippen LogP contribution in [0.4, 0.5) is 5.69 Å². The number of nitrogens with zero attached hydrogens (tertiary/aromatic N) is 4. The van der Waals surface area contributed by atoms with Crippen LogP contribution in [0.3, 0.4) is 0 Å². The Kier molecular flexibility index (Phi) is 4.54. The average Bonchev–Trinajstić information content (AvgIpc) is 3.36. The molecule has 0 N–H and O–H groups in total. The maximum Gasteiger partial charge on any atom is 0.137 e. The van der Waals surface area contributed by atoms with Gasteiger partial charge in [0.2, 0.25) is 0 Å². The molecule has 33 heavy (non-hydrogen) atoms. The van der Waals surface area contributed by atoms with E-state index in [0.29, 0.717) is 0 Å². The molecule has 0 amide bonds. The van der Waals surface area contributed by atoms with Crippen LogP contribution in [0.25, 0.3) is 27.6 Å². The van der Waals surface area contributed by atoms with Crippen molar-refractivity contribution in [3.8, 4) is 17.3 Å². The highest BCUT2D eigenvalue weighted by molar-refractivity contribution is 6.09. The first kappa shape index (κ1) is 19.4. The molecule has 3 heterocycles. The SMILES string of the molecule is CC1N(C)C=CN1c1cccc(Oc2ccc3c4ccccc4n(-c4ccccn4)c3c2)c1. The van der Waals surface area contributed by atoms with Gasteiger partial charge in [-0.3, -0.25) is 4.57 Å². The van der Waals surface area contributed by atoms with Crippen molar-refractivity contribution in [2.45, 2.75) is 13.1 Å². The molecule has 3 aromatic carbocycles. The van der Waals surface area contributed by atoms with Gasteiger partial charge in [-0.25, -0.2) is 4.98 Å². The summed E-state index contributed by atoms with van der Waals surface area (Å²) in [7, 11) is 2.08. The van der Waals surface area contributed by atoms with Crippen molar-refractivity contribution in [1.29, 1.82) is 0 Å². The van der Waals surface area contributed by atoms with E-state index in [1.165, 1.54) is 10.8 Å². The summed E-state index contributed by atoms with van der Waals surface area (Å²) in [5.74, 6) is 2.49. The molecule has 0 spiro atoms. The number of fused-ring (bicyclic) bond motifs is 3. The predicted molar refractivity (Wildman–Crippen MR) is 134 cm³/mol. The number of ether oxygens (including phenoxy) is 1. The van der Waals surface area contributed by atoms with Crippen molar-refractivity contribution in [3.05, 3.63) is 104 Å². The molecule has 6 rings (SSSR count). The number of pyridine rings is 1. The Morgan fingerprint density at radius 1 is 0.758 bits per heavy atom. The molecule has 5 aromatic rings. The maximum atomic E-state index is 6.34. The fourth-order valence-electron chi connectivity index (χ4n) is 4.51. The third kappa shape index (κ3) is 3.29. The van der Waals surface area contributed by atoms with Crippen LogP contribution >= 0.6 is 0 Å². The van der Waals surface area contributed by atoms with Gasteiger partial charge in [0.25, 0.3) is 0 Å². The summed E-state index contributed by atoms with van der Waals surface area (Å²) in [6, 6.07) is 28.9. The molecule has 0 saturated carbocycles. The molecule has 2 aromatic heterocycles. The second kappa shape index (κ2) is 7.71. The van der Waals surface area contributed by atoms with Crippen molar-refractivity contribution in [2.24, 2.45) is 0 Å². The highest BCUT2D eigenvalue weighted by atomic mass is 16.5. The van der Waals surface area contributed by atoms with Gasteiger partial charge in [0.05, 0.1) is 11.0 Å². The van der Waals surface area contributed by atoms with Crippen LogP contribution in [0.5, 0.6) is 11.5 Å². The third-order valence-electron chi connectivity index (χ3n) is 6.33. The van der Waals surface area contributed by atoms with Crippen LogP contribution in [-0.2, 0) is 0 Å². The number of para-hydroxylation sites is 1. The van der Waals surface area contributed by atoms with E-state index in [9.17, 15) is 0 Å². The maximum absolute atomic E-state index is 6.34. The zero-order valence-electron chi connectivity index (χ0n) is 18.6. The van der Waals surface area contributed by atoms with E-state index in [2.05, 4.69) is 94.3 Å². The van der Waals surface area contributed by atoms with E-state index < -0.39 is 0 Å². The molecule has 0 saturated heterocycles. The van der Waals surface area contributed by atoms with E-state index >= 15 is 0 Å². The van der Waals surface area contributed by atoms with E-state index in [1.54, 1.807) is 0 Å². The number of hydrogen-bond donors (Lipinski definition) is 0. The lowest BCUT2D eigenvalue weighted by atomic mass is 10.1. The largest absolute Gasteiger partial charge is 0.457 e. The molecule has 162 valence electrons. The first-order valence-corrected chi connectivity index (χ1v) is 11.1. The number of rotatable bonds is 4. The number of hydrogen-bond acceptors (Lipinski definition) is 4. The number of anilines is 1. The van der Waals surface area contributed by atoms with Gasteiger partial charge < -0.3 is 14.5 Å². The van der Waals surface area contributed by atoms with Crippen molar-refractivity contribution < 1.29 is 4.74 Å². The zero-order valence-corrected chi connectivity index (χ0v) is 18.6. The molecule has 0 bridgehead atoms. The predicted octanol–water partition coefficient (Wildman–Crippen LogP) is 6.54. The highest BCUT2D eigenvalue weighted by Gasteiger charge is 2.20. The summed E-state index contributed by atoms with van der Waals surface area (Å²) in [4.78, 5) is 9.02. The smallest absolute Gasteiger partial charge is 0.137 e. The fraction of sp³-hybridized carbons (Fsp3) is 0.107. The molecule has 0 aliphatic carbocycles. The van der Waals surface area contributed by atoms with Gasteiger partial charge in [-0.2, -0.15) is 0 Å². The topological polar surface area (TPSA) is 33.5 Å². The summed E-state index contributed by atoms with van der Waals surface area (Å²) >= 11 is 0. The van der Waals surface area contributed by atoms with E-state index in [0.717, 1.165) is 34.0 Å². The van der Waals surface area contributed by atoms with Crippen molar-refractivity contribution >= 4 is 27.5 Å². The molecule has 1 atom stereocenters. The Morgan fingerprint density at radius 2 is 1.58 bits per heavy atom. The lowest BCUT2D eigenvalue weighted by molar-refractivity contribution is 0.383. The van der Waals surface area contributed by atoms with Gasteiger partial charge in [-0.15, -0.1) is 0 Å². The molecule has 0 fully saturated rings. The molecular weight excluding hydrogens is 408 g/mol. The van der Waals surface area contributed by atoms with Crippen LogP contribution in [-0.4, -0.2) is 27.7 Å². The van der Waals surface area contributed by atoms with Crippen LogP contribution in [0, 0.1) is 0 Å². The van der Waals surface area contributed by atoms with E-state index in [1.807, 2.05) is 42.6 Å². The number of benzene rings is 3. The molecule has 1 aliphatic rings. The quantitative estimate of drug-likeness (QED) is 0.323. The average molecular weight is 433 g/mol.